The molecule has 9 heteroatoms. The van der Waals surface area contributed by atoms with Crippen molar-refractivity contribution in [2.45, 2.75) is 5.22 Å². The molecule has 1 aromatic heterocycles. The minimum absolute atomic E-state index is 0.371. The Morgan fingerprint density at radius 2 is 1.64 bits per heavy atom. The van der Waals surface area contributed by atoms with Crippen LogP contribution < -0.4 is 18.9 Å². The quantitative estimate of drug-likeness (QED) is 0.331. The number of benzene rings is 2. The molecule has 0 N–H and O–H groups in total. The number of halogens is 1. The average molecular weight is 467 g/mol. The van der Waals surface area contributed by atoms with Gasteiger partial charge in [-0.2, -0.15) is 0 Å². The van der Waals surface area contributed by atoms with Crippen molar-refractivity contribution >= 4 is 27.7 Å². The molecule has 1 heterocycles. The minimum Gasteiger partial charge on any atom is -0.493 e. The molecule has 7 nitrogen and oxygen atoms in total. The molecule has 0 aliphatic carbocycles. The molecule has 0 saturated carbocycles. The van der Waals surface area contributed by atoms with Crippen molar-refractivity contribution in [2.24, 2.45) is 0 Å². The van der Waals surface area contributed by atoms with E-state index in [1.807, 2.05) is 24.3 Å². The van der Waals surface area contributed by atoms with Crippen LogP contribution in [0.15, 0.2) is 50.5 Å². The zero-order chi connectivity index (χ0) is 19.9. The Labute approximate surface area is 175 Å². The van der Waals surface area contributed by atoms with Gasteiger partial charge in [0.05, 0.1) is 27.9 Å². The monoisotopic (exact) mass is 466 g/mol. The second-order valence-corrected chi connectivity index (χ2v) is 7.40. The standard InChI is InChI=1S/C19H19BrN2O5S/c1-23-15-10-12(11-16(24-2)17(15)25-3)18-21-22-19(27-18)28-9-8-26-14-6-4-13(20)5-7-14/h4-7,10-11H,8-9H2,1-3H3. The van der Waals surface area contributed by atoms with Crippen molar-refractivity contribution in [1.29, 1.82) is 0 Å². The summed E-state index contributed by atoms with van der Waals surface area (Å²) in [7, 11) is 4.67. The van der Waals surface area contributed by atoms with Gasteiger partial charge in [-0.05, 0) is 36.4 Å². The third-order valence-corrected chi connectivity index (χ3v) is 5.02. The molecule has 0 amide bonds. The number of aromatic nitrogens is 2. The van der Waals surface area contributed by atoms with Gasteiger partial charge in [0.15, 0.2) is 11.5 Å². The minimum atomic E-state index is 0.371. The van der Waals surface area contributed by atoms with Crippen LogP contribution in [0.2, 0.25) is 0 Å². The van der Waals surface area contributed by atoms with Gasteiger partial charge < -0.3 is 23.4 Å². The fourth-order valence-corrected chi connectivity index (χ4v) is 3.25. The van der Waals surface area contributed by atoms with Crippen molar-refractivity contribution in [3.63, 3.8) is 0 Å². The van der Waals surface area contributed by atoms with Crippen LogP contribution in [0, 0.1) is 0 Å². The van der Waals surface area contributed by atoms with E-state index in [1.54, 1.807) is 33.5 Å². The highest BCUT2D eigenvalue weighted by molar-refractivity contribution is 9.10. The number of methoxy groups -OCH3 is 3. The molecule has 0 unspecified atom stereocenters. The SMILES string of the molecule is COc1cc(-c2nnc(SCCOc3ccc(Br)cc3)o2)cc(OC)c1OC. The molecular weight excluding hydrogens is 448 g/mol. The normalized spacial score (nSPS) is 10.6. The van der Waals surface area contributed by atoms with Crippen molar-refractivity contribution < 1.29 is 23.4 Å². The lowest BCUT2D eigenvalue weighted by Gasteiger charge is -2.12. The van der Waals surface area contributed by atoms with E-state index in [2.05, 4.69) is 26.1 Å². The van der Waals surface area contributed by atoms with E-state index in [0.717, 1.165) is 10.2 Å². The highest BCUT2D eigenvalue weighted by atomic mass is 79.9. The molecule has 0 saturated heterocycles. The summed E-state index contributed by atoms with van der Waals surface area (Å²) in [6.45, 7) is 0.522. The maximum atomic E-state index is 5.74. The second-order valence-electron chi connectivity index (χ2n) is 5.44. The predicted molar refractivity (Wildman–Crippen MR) is 110 cm³/mol. The first kappa shape index (κ1) is 20.3. The van der Waals surface area contributed by atoms with Gasteiger partial charge in [0.2, 0.25) is 11.6 Å². The Morgan fingerprint density at radius 3 is 2.25 bits per heavy atom. The van der Waals surface area contributed by atoms with E-state index in [-0.39, 0.29) is 0 Å². The summed E-state index contributed by atoms with van der Waals surface area (Å²) in [6, 6.07) is 11.2. The molecule has 0 atom stereocenters. The molecule has 3 aromatic rings. The zero-order valence-electron chi connectivity index (χ0n) is 15.6. The summed E-state index contributed by atoms with van der Waals surface area (Å²) in [5, 5.41) is 8.64. The number of hydrogen-bond donors (Lipinski definition) is 0. The lowest BCUT2D eigenvalue weighted by atomic mass is 10.2. The highest BCUT2D eigenvalue weighted by Crippen LogP contribution is 2.41. The maximum absolute atomic E-state index is 5.74. The van der Waals surface area contributed by atoms with Gasteiger partial charge in [0.1, 0.15) is 5.75 Å². The molecule has 0 bridgehead atoms. The lowest BCUT2D eigenvalue weighted by molar-refractivity contribution is 0.324. The van der Waals surface area contributed by atoms with Crippen LogP contribution in [-0.2, 0) is 0 Å². The number of thioether (sulfide) groups is 1. The predicted octanol–water partition coefficient (Wildman–Crippen LogP) is 4.70. The Bertz CT molecular complexity index is 892. The molecule has 148 valence electrons. The summed E-state index contributed by atoms with van der Waals surface area (Å²) < 4.78 is 28.5. The molecule has 0 aliphatic heterocycles. The first-order chi connectivity index (χ1) is 13.6. The largest absolute Gasteiger partial charge is 0.493 e. The van der Waals surface area contributed by atoms with E-state index in [4.69, 9.17) is 23.4 Å². The Morgan fingerprint density at radius 1 is 0.964 bits per heavy atom. The van der Waals surface area contributed by atoms with E-state index in [1.165, 1.54) is 11.8 Å². The van der Waals surface area contributed by atoms with E-state index < -0.39 is 0 Å². The van der Waals surface area contributed by atoms with Gasteiger partial charge in [-0.15, -0.1) is 10.2 Å². The molecular formula is C19H19BrN2O5S. The number of rotatable bonds is 9. The third-order valence-electron chi connectivity index (χ3n) is 3.71. The summed E-state index contributed by atoms with van der Waals surface area (Å²) in [5.74, 6) is 3.41. The van der Waals surface area contributed by atoms with Crippen LogP contribution in [0.25, 0.3) is 11.5 Å². The van der Waals surface area contributed by atoms with Crippen LogP contribution >= 0.6 is 27.7 Å². The van der Waals surface area contributed by atoms with E-state index in [0.29, 0.717) is 46.3 Å². The first-order valence-electron chi connectivity index (χ1n) is 8.29. The van der Waals surface area contributed by atoms with E-state index in [9.17, 15) is 0 Å². The van der Waals surface area contributed by atoms with Gasteiger partial charge in [0, 0.05) is 15.8 Å². The summed E-state index contributed by atoms with van der Waals surface area (Å²) in [4.78, 5) is 0. The summed E-state index contributed by atoms with van der Waals surface area (Å²) in [6.07, 6.45) is 0. The van der Waals surface area contributed by atoms with Crippen molar-refractivity contribution in [1.82, 2.24) is 10.2 Å². The van der Waals surface area contributed by atoms with Gasteiger partial charge in [-0.3, -0.25) is 0 Å². The highest BCUT2D eigenvalue weighted by Gasteiger charge is 2.17. The number of nitrogens with zero attached hydrogens (tertiary/aromatic N) is 2. The fraction of sp³-hybridized carbons (Fsp3) is 0.263. The van der Waals surface area contributed by atoms with Crippen LogP contribution in [0.1, 0.15) is 0 Å². The molecule has 0 spiro atoms. The fourth-order valence-electron chi connectivity index (χ4n) is 2.41. The van der Waals surface area contributed by atoms with Crippen molar-refractivity contribution in [3.8, 4) is 34.5 Å². The van der Waals surface area contributed by atoms with Gasteiger partial charge >= 0.3 is 0 Å². The third kappa shape index (κ3) is 4.90. The van der Waals surface area contributed by atoms with Gasteiger partial charge in [0.25, 0.3) is 5.22 Å². The molecule has 3 rings (SSSR count). The molecule has 2 aromatic carbocycles. The van der Waals surface area contributed by atoms with Crippen LogP contribution in [-0.4, -0.2) is 43.9 Å². The van der Waals surface area contributed by atoms with Crippen molar-refractivity contribution in [3.05, 3.63) is 40.9 Å². The van der Waals surface area contributed by atoms with Crippen LogP contribution in [0.4, 0.5) is 0 Å². The van der Waals surface area contributed by atoms with Gasteiger partial charge in [-0.25, -0.2) is 0 Å². The summed E-state index contributed by atoms with van der Waals surface area (Å²) >= 11 is 4.82. The Balaban J connectivity index is 1.63. The Hall–Kier alpha value is -2.39. The molecule has 0 radical (unpaired) electrons. The number of hydrogen-bond acceptors (Lipinski definition) is 8. The maximum Gasteiger partial charge on any atom is 0.276 e. The van der Waals surface area contributed by atoms with Gasteiger partial charge in [-0.1, -0.05) is 27.7 Å². The average Bonchev–Trinajstić information content (AvgIpc) is 3.20. The van der Waals surface area contributed by atoms with E-state index >= 15 is 0 Å². The zero-order valence-corrected chi connectivity index (χ0v) is 18.0. The molecule has 0 fully saturated rings. The lowest BCUT2D eigenvalue weighted by Crippen LogP contribution is -1.99. The second kappa shape index (κ2) is 9.70. The molecule has 0 aliphatic rings. The first-order valence-corrected chi connectivity index (χ1v) is 10.1. The number of ether oxygens (including phenoxy) is 4. The Kier molecular flexibility index (Phi) is 7.05. The smallest absolute Gasteiger partial charge is 0.276 e. The van der Waals surface area contributed by atoms with Crippen LogP contribution in [0.3, 0.4) is 0 Å². The topological polar surface area (TPSA) is 75.8 Å². The summed E-state index contributed by atoms with van der Waals surface area (Å²) in [5.41, 5.74) is 0.681. The van der Waals surface area contributed by atoms with Crippen molar-refractivity contribution in [2.75, 3.05) is 33.7 Å². The van der Waals surface area contributed by atoms with Crippen LogP contribution in [0.5, 0.6) is 23.0 Å². The molecule has 28 heavy (non-hydrogen) atoms.